The molecule has 0 amide bonds. The lowest BCUT2D eigenvalue weighted by Crippen LogP contribution is -2.63. The summed E-state index contributed by atoms with van der Waals surface area (Å²) in [6.45, 7) is 10.0. The normalized spacial score (nSPS) is 27.6. The van der Waals surface area contributed by atoms with Gasteiger partial charge in [-0.1, -0.05) is 45.0 Å². The zero-order valence-electron chi connectivity index (χ0n) is 20.1. The van der Waals surface area contributed by atoms with Crippen LogP contribution in [0.15, 0.2) is 42.7 Å². The van der Waals surface area contributed by atoms with Gasteiger partial charge in [-0.05, 0) is 62.8 Å². The number of ether oxygens (including phenoxy) is 1. The molecule has 174 valence electrons. The van der Waals surface area contributed by atoms with Crippen LogP contribution in [0.4, 0.5) is 0 Å². The van der Waals surface area contributed by atoms with Gasteiger partial charge in [0.1, 0.15) is 11.4 Å². The molecule has 2 N–H and O–H groups in total. The second-order valence-electron chi connectivity index (χ2n) is 10.9. The van der Waals surface area contributed by atoms with E-state index in [2.05, 4.69) is 62.0 Å². The predicted molar refractivity (Wildman–Crippen MR) is 127 cm³/mol. The fourth-order valence-corrected chi connectivity index (χ4v) is 5.55. The van der Waals surface area contributed by atoms with Gasteiger partial charge in [-0.2, -0.15) is 0 Å². The molecule has 2 aliphatic rings. The van der Waals surface area contributed by atoms with Crippen molar-refractivity contribution in [1.29, 1.82) is 0 Å². The molecule has 1 saturated heterocycles. The van der Waals surface area contributed by atoms with Crippen LogP contribution in [-0.4, -0.2) is 51.9 Å². The minimum Gasteiger partial charge on any atom is -0.489 e. The van der Waals surface area contributed by atoms with Gasteiger partial charge in [0, 0.05) is 30.3 Å². The van der Waals surface area contributed by atoms with E-state index in [0.29, 0.717) is 11.7 Å². The van der Waals surface area contributed by atoms with Crippen molar-refractivity contribution in [2.45, 2.75) is 76.6 Å². The Balaban J connectivity index is 1.65. The summed E-state index contributed by atoms with van der Waals surface area (Å²) in [6, 6.07) is 10.3. The van der Waals surface area contributed by atoms with Crippen LogP contribution in [-0.2, 0) is 5.60 Å². The zero-order chi connectivity index (χ0) is 23.1. The fourth-order valence-electron chi connectivity index (χ4n) is 5.55. The monoisotopic (exact) mass is 438 g/mol. The largest absolute Gasteiger partial charge is 0.489 e. The molecule has 0 bridgehead atoms. The standard InChI is InChI=1S/C27H38N2O3/c1-19(2)20-6-8-21(9-7-20)27(31,25(3)17-29(5)18-25)22-14-24(16-28-15-22)32-23-10-12-26(4,30)13-11-23/h6-9,14-16,19,23,30-31H,10-13,17-18H2,1-5H3. The average molecular weight is 439 g/mol. The Kier molecular flexibility index (Phi) is 6.12. The summed E-state index contributed by atoms with van der Waals surface area (Å²) in [5.41, 5.74) is 0.835. The van der Waals surface area contributed by atoms with Crippen molar-refractivity contribution in [2.75, 3.05) is 20.1 Å². The number of benzene rings is 1. The van der Waals surface area contributed by atoms with Crippen LogP contribution < -0.4 is 4.74 Å². The van der Waals surface area contributed by atoms with E-state index in [4.69, 9.17) is 4.74 Å². The van der Waals surface area contributed by atoms with Gasteiger partial charge in [0.15, 0.2) is 0 Å². The Morgan fingerprint density at radius 3 is 2.25 bits per heavy atom. The highest BCUT2D eigenvalue weighted by Gasteiger charge is 2.55. The first-order valence-corrected chi connectivity index (χ1v) is 11.9. The lowest BCUT2D eigenvalue weighted by Gasteiger charge is -2.55. The predicted octanol–water partition coefficient (Wildman–Crippen LogP) is 4.47. The molecular weight excluding hydrogens is 400 g/mol. The summed E-state index contributed by atoms with van der Waals surface area (Å²) in [5.74, 6) is 1.12. The summed E-state index contributed by atoms with van der Waals surface area (Å²) in [7, 11) is 2.08. The van der Waals surface area contributed by atoms with Crippen molar-refractivity contribution in [3.8, 4) is 5.75 Å². The Labute approximate surface area is 192 Å². The van der Waals surface area contributed by atoms with Crippen LogP contribution >= 0.6 is 0 Å². The molecule has 1 aliphatic heterocycles. The molecular formula is C27H38N2O3. The third-order valence-corrected chi connectivity index (χ3v) is 7.55. The van der Waals surface area contributed by atoms with E-state index in [9.17, 15) is 10.2 Å². The number of pyridine rings is 1. The Hall–Kier alpha value is -1.95. The molecule has 1 aromatic carbocycles. The molecule has 5 nitrogen and oxygen atoms in total. The number of hydrogen-bond acceptors (Lipinski definition) is 5. The summed E-state index contributed by atoms with van der Waals surface area (Å²) < 4.78 is 6.26. The van der Waals surface area contributed by atoms with Crippen molar-refractivity contribution < 1.29 is 14.9 Å². The molecule has 2 aromatic rings. The Morgan fingerprint density at radius 2 is 1.69 bits per heavy atom. The van der Waals surface area contributed by atoms with Crippen molar-refractivity contribution >= 4 is 0 Å². The first-order chi connectivity index (χ1) is 15.0. The van der Waals surface area contributed by atoms with Crippen LogP contribution in [0, 0.1) is 5.41 Å². The smallest absolute Gasteiger partial charge is 0.138 e. The first kappa shape index (κ1) is 23.2. The van der Waals surface area contributed by atoms with E-state index < -0.39 is 11.2 Å². The highest BCUT2D eigenvalue weighted by molar-refractivity contribution is 5.43. The zero-order valence-corrected chi connectivity index (χ0v) is 20.1. The maximum absolute atomic E-state index is 12.3. The maximum atomic E-state index is 12.3. The van der Waals surface area contributed by atoms with Crippen molar-refractivity contribution in [1.82, 2.24) is 9.88 Å². The maximum Gasteiger partial charge on any atom is 0.138 e. The van der Waals surface area contributed by atoms with Gasteiger partial charge in [-0.25, -0.2) is 0 Å². The summed E-state index contributed by atoms with van der Waals surface area (Å²) in [4.78, 5) is 6.69. The minimum absolute atomic E-state index is 0.0658. The highest BCUT2D eigenvalue weighted by Crippen LogP contribution is 2.50. The van der Waals surface area contributed by atoms with Gasteiger partial charge < -0.3 is 19.8 Å². The molecule has 1 atom stereocenters. The summed E-state index contributed by atoms with van der Waals surface area (Å²) in [6.07, 6.45) is 6.69. The number of rotatable bonds is 6. The molecule has 1 unspecified atom stereocenters. The molecule has 2 heterocycles. The topological polar surface area (TPSA) is 65.8 Å². The van der Waals surface area contributed by atoms with Crippen LogP contribution in [0.2, 0.25) is 0 Å². The van der Waals surface area contributed by atoms with Crippen molar-refractivity contribution in [3.63, 3.8) is 0 Å². The average Bonchev–Trinajstić information content (AvgIpc) is 2.74. The van der Waals surface area contributed by atoms with E-state index in [-0.39, 0.29) is 11.5 Å². The van der Waals surface area contributed by atoms with Crippen molar-refractivity contribution in [3.05, 3.63) is 59.4 Å². The summed E-state index contributed by atoms with van der Waals surface area (Å²) >= 11 is 0. The lowest BCUT2D eigenvalue weighted by atomic mass is 9.62. The van der Waals surface area contributed by atoms with Crippen molar-refractivity contribution in [2.24, 2.45) is 5.41 Å². The highest BCUT2D eigenvalue weighted by atomic mass is 16.5. The van der Waals surface area contributed by atoms with Gasteiger partial charge in [0.2, 0.25) is 0 Å². The van der Waals surface area contributed by atoms with Gasteiger partial charge in [-0.3, -0.25) is 4.98 Å². The van der Waals surface area contributed by atoms with Crippen LogP contribution in [0.3, 0.4) is 0 Å². The number of aromatic nitrogens is 1. The Bertz CT molecular complexity index is 924. The molecule has 2 fully saturated rings. The molecule has 1 aliphatic carbocycles. The van der Waals surface area contributed by atoms with E-state index in [0.717, 1.165) is 49.9 Å². The third-order valence-electron chi connectivity index (χ3n) is 7.55. The van der Waals surface area contributed by atoms with Crippen LogP contribution in [0.1, 0.15) is 76.0 Å². The number of aliphatic hydroxyl groups is 2. The Morgan fingerprint density at radius 1 is 1.06 bits per heavy atom. The number of hydrogen-bond donors (Lipinski definition) is 2. The van der Waals surface area contributed by atoms with Gasteiger partial charge in [0.25, 0.3) is 0 Å². The van der Waals surface area contributed by atoms with E-state index >= 15 is 0 Å². The molecule has 5 heteroatoms. The van der Waals surface area contributed by atoms with Gasteiger partial charge in [-0.15, -0.1) is 0 Å². The van der Waals surface area contributed by atoms with E-state index in [1.165, 1.54) is 5.56 Å². The lowest BCUT2D eigenvalue weighted by molar-refractivity contribution is -0.127. The molecule has 32 heavy (non-hydrogen) atoms. The molecule has 1 aromatic heterocycles. The molecule has 0 spiro atoms. The second-order valence-corrected chi connectivity index (χ2v) is 10.9. The van der Waals surface area contributed by atoms with Crippen LogP contribution in [0.5, 0.6) is 5.75 Å². The van der Waals surface area contributed by atoms with E-state index in [1.54, 1.807) is 12.4 Å². The van der Waals surface area contributed by atoms with Gasteiger partial charge in [0.05, 0.1) is 17.9 Å². The van der Waals surface area contributed by atoms with E-state index in [1.807, 2.05) is 13.0 Å². The second kappa shape index (κ2) is 8.44. The van der Waals surface area contributed by atoms with Gasteiger partial charge >= 0.3 is 0 Å². The quantitative estimate of drug-likeness (QED) is 0.697. The summed E-state index contributed by atoms with van der Waals surface area (Å²) in [5, 5.41) is 22.6. The molecule has 4 rings (SSSR count). The number of nitrogens with zero attached hydrogens (tertiary/aromatic N) is 2. The van der Waals surface area contributed by atoms with Crippen LogP contribution in [0.25, 0.3) is 0 Å². The minimum atomic E-state index is -1.17. The molecule has 0 radical (unpaired) electrons. The fraction of sp³-hybridized carbons (Fsp3) is 0.593. The SMILES string of the molecule is CC(C)c1ccc(C(O)(c2cncc(OC3CCC(C)(O)CC3)c2)C2(C)CN(C)C2)cc1. The number of likely N-dealkylation sites (tertiary alicyclic amines) is 1. The third kappa shape index (κ3) is 4.30. The first-order valence-electron chi connectivity index (χ1n) is 11.9. The molecule has 1 saturated carbocycles.